The Morgan fingerprint density at radius 2 is 2.00 bits per heavy atom. The molecule has 0 saturated carbocycles. The van der Waals surface area contributed by atoms with Crippen LogP contribution in [0.5, 0.6) is 5.75 Å². The summed E-state index contributed by atoms with van der Waals surface area (Å²) >= 11 is 0. The van der Waals surface area contributed by atoms with Crippen molar-refractivity contribution in [3.8, 4) is 5.75 Å². The highest BCUT2D eigenvalue weighted by Gasteiger charge is 2.06. The topological polar surface area (TPSA) is 64.3 Å². The number of aldehydes is 1. The Balaban J connectivity index is 0.00000256. The maximum Gasteiger partial charge on any atom is 0.206 e. The molecule has 1 aromatic rings. The fourth-order valence-electron chi connectivity index (χ4n) is 1.31. The molecule has 0 aliphatic heterocycles. The van der Waals surface area contributed by atoms with Crippen molar-refractivity contribution in [1.82, 2.24) is 5.32 Å². The molecule has 96 valence electrons. The summed E-state index contributed by atoms with van der Waals surface area (Å²) in [7, 11) is 1.67. The molecule has 0 bridgehead atoms. The van der Waals surface area contributed by atoms with Gasteiger partial charge >= 0.3 is 0 Å². The van der Waals surface area contributed by atoms with Gasteiger partial charge in [0.25, 0.3) is 0 Å². The van der Waals surface area contributed by atoms with Gasteiger partial charge in [0, 0.05) is 0 Å². The van der Waals surface area contributed by atoms with E-state index in [1.807, 2.05) is 24.3 Å². The van der Waals surface area contributed by atoms with Crippen LogP contribution in [0.2, 0.25) is 0 Å². The summed E-state index contributed by atoms with van der Waals surface area (Å²) in [6, 6.07) is 7.61. The Labute approximate surface area is 108 Å². The minimum absolute atomic E-state index is 0. The van der Waals surface area contributed by atoms with Gasteiger partial charge in [0.05, 0.1) is 0 Å². The highest BCUT2D eigenvalue weighted by Crippen LogP contribution is 2.18. The lowest BCUT2D eigenvalue weighted by atomic mass is 10.0. The van der Waals surface area contributed by atoms with E-state index >= 15 is 0 Å². The second-order valence-electron chi connectivity index (χ2n) is 3.67. The van der Waals surface area contributed by atoms with Crippen LogP contribution in [-0.4, -0.2) is 26.1 Å². The summed E-state index contributed by atoms with van der Waals surface area (Å²) in [5, 5.41) is 2.74. The van der Waals surface area contributed by atoms with E-state index < -0.39 is 6.23 Å². The van der Waals surface area contributed by atoms with Gasteiger partial charge in [0.2, 0.25) is 6.23 Å². The van der Waals surface area contributed by atoms with Crippen LogP contribution in [-0.2, 0) is 4.79 Å². The van der Waals surface area contributed by atoms with E-state index in [4.69, 9.17) is 10.5 Å². The number of nitrogens with two attached hydrogens (primary N) is 1. The molecular formula is C12H19ClN2O2. The van der Waals surface area contributed by atoms with E-state index in [1.54, 1.807) is 7.05 Å². The second-order valence-corrected chi connectivity index (χ2v) is 3.67. The molecule has 17 heavy (non-hydrogen) atoms. The molecule has 1 unspecified atom stereocenters. The standard InChI is InChI=1S/C12H18N2O2.ClH/c1-9(7-13)10-3-5-11(6-4-10)16-12(8-15)14-2;/h3-6,8-9,12,14H,7,13H2,1-2H3;1H/t9-,12?;/m0./s1. The molecule has 1 rings (SSSR count). The minimum Gasteiger partial charge on any atom is -0.468 e. The van der Waals surface area contributed by atoms with Gasteiger partial charge in [-0.25, -0.2) is 0 Å². The van der Waals surface area contributed by atoms with Gasteiger partial charge in [-0.3, -0.25) is 10.1 Å². The van der Waals surface area contributed by atoms with Gasteiger partial charge in [-0.2, -0.15) is 0 Å². The molecule has 1 aromatic carbocycles. The SMILES string of the molecule is CNC(C=O)Oc1ccc([C@@H](C)CN)cc1.Cl. The Kier molecular flexibility index (Phi) is 7.54. The molecule has 5 heteroatoms. The molecule has 0 spiro atoms. The molecule has 0 saturated heterocycles. The Morgan fingerprint density at radius 1 is 1.41 bits per heavy atom. The fraction of sp³-hybridized carbons (Fsp3) is 0.417. The van der Waals surface area contributed by atoms with Crippen molar-refractivity contribution in [2.24, 2.45) is 5.73 Å². The summed E-state index contributed by atoms with van der Waals surface area (Å²) in [5.41, 5.74) is 6.75. The average Bonchev–Trinajstić information content (AvgIpc) is 2.35. The smallest absolute Gasteiger partial charge is 0.206 e. The first-order valence-electron chi connectivity index (χ1n) is 5.30. The molecule has 2 atom stereocenters. The van der Waals surface area contributed by atoms with Crippen LogP contribution in [0.25, 0.3) is 0 Å². The third-order valence-electron chi connectivity index (χ3n) is 2.47. The maximum atomic E-state index is 10.6. The van der Waals surface area contributed by atoms with E-state index in [1.165, 1.54) is 5.56 Å². The van der Waals surface area contributed by atoms with E-state index in [0.29, 0.717) is 18.2 Å². The highest BCUT2D eigenvalue weighted by molar-refractivity contribution is 5.85. The molecule has 3 N–H and O–H groups in total. The second kappa shape index (κ2) is 8.06. The number of hydrogen-bond donors (Lipinski definition) is 2. The van der Waals surface area contributed by atoms with E-state index in [0.717, 1.165) is 6.29 Å². The normalized spacial score (nSPS) is 13.4. The monoisotopic (exact) mass is 258 g/mol. The van der Waals surface area contributed by atoms with Crippen LogP contribution in [0.4, 0.5) is 0 Å². The number of nitrogens with one attached hydrogen (secondary N) is 1. The van der Waals surface area contributed by atoms with Gasteiger partial charge in [0.15, 0.2) is 6.29 Å². The zero-order valence-electron chi connectivity index (χ0n) is 10.1. The third kappa shape index (κ3) is 4.73. The van der Waals surface area contributed by atoms with Crippen molar-refractivity contribution in [1.29, 1.82) is 0 Å². The van der Waals surface area contributed by atoms with Crippen LogP contribution in [0.1, 0.15) is 18.4 Å². The van der Waals surface area contributed by atoms with Crippen LogP contribution >= 0.6 is 12.4 Å². The van der Waals surface area contributed by atoms with Gasteiger partial charge in [-0.05, 0) is 37.2 Å². The van der Waals surface area contributed by atoms with Crippen LogP contribution in [0.3, 0.4) is 0 Å². The first kappa shape index (κ1) is 15.9. The van der Waals surface area contributed by atoms with Crippen LogP contribution in [0.15, 0.2) is 24.3 Å². The number of rotatable bonds is 6. The summed E-state index contributed by atoms with van der Waals surface area (Å²) < 4.78 is 5.37. The first-order valence-corrected chi connectivity index (χ1v) is 5.30. The Hall–Kier alpha value is -1.10. The molecular weight excluding hydrogens is 240 g/mol. The lowest BCUT2D eigenvalue weighted by Gasteiger charge is -2.14. The van der Waals surface area contributed by atoms with Crippen molar-refractivity contribution >= 4 is 18.7 Å². The lowest BCUT2D eigenvalue weighted by Crippen LogP contribution is -2.32. The molecule has 0 fully saturated rings. The Morgan fingerprint density at radius 3 is 2.41 bits per heavy atom. The van der Waals surface area contributed by atoms with Crippen molar-refractivity contribution in [2.45, 2.75) is 19.1 Å². The number of carbonyl (C=O) groups excluding carboxylic acids is 1. The number of hydrogen-bond acceptors (Lipinski definition) is 4. The zero-order valence-corrected chi connectivity index (χ0v) is 10.9. The maximum absolute atomic E-state index is 10.6. The molecule has 0 aliphatic rings. The van der Waals surface area contributed by atoms with Gasteiger partial charge in [-0.1, -0.05) is 19.1 Å². The molecule has 0 heterocycles. The molecule has 4 nitrogen and oxygen atoms in total. The molecule has 0 aliphatic carbocycles. The van der Waals surface area contributed by atoms with Gasteiger partial charge < -0.3 is 10.5 Å². The molecule has 0 amide bonds. The largest absolute Gasteiger partial charge is 0.468 e. The predicted molar refractivity (Wildman–Crippen MR) is 70.7 cm³/mol. The number of carbonyl (C=O) groups is 1. The fourth-order valence-corrected chi connectivity index (χ4v) is 1.31. The quantitative estimate of drug-likeness (QED) is 0.596. The Bertz CT molecular complexity index is 330. The van der Waals surface area contributed by atoms with Crippen molar-refractivity contribution < 1.29 is 9.53 Å². The summed E-state index contributed by atoms with van der Waals surface area (Å²) in [4.78, 5) is 10.6. The number of halogens is 1. The average molecular weight is 259 g/mol. The van der Waals surface area contributed by atoms with E-state index in [2.05, 4.69) is 12.2 Å². The van der Waals surface area contributed by atoms with Crippen molar-refractivity contribution in [3.05, 3.63) is 29.8 Å². The summed E-state index contributed by atoms with van der Waals surface area (Å²) in [6.45, 7) is 2.69. The third-order valence-corrected chi connectivity index (χ3v) is 2.47. The van der Waals surface area contributed by atoms with Crippen LogP contribution in [0, 0.1) is 0 Å². The molecule has 0 aromatic heterocycles. The number of likely N-dealkylation sites (N-methyl/N-ethyl adjacent to an activating group) is 1. The zero-order chi connectivity index (χ0) is 12.0. The van der Waals surface area contributed by atoms with Gasteiger partial charge in [0.1, 0.15) is 5.75 Å². The van der Waals surface area contributed by atoms with E-state index in [-0.39, 0.29) is 12.4 Å². The van der Waals surface area contributed by atoms with Crippen molar-refractivity contribution in [3.63, 3.8) is 0 Å². The number of ether oxygens (including phenoxy) is 1. The minimum atomic E-state index is -0.599. The summed E-state index contributed by atoms with van der Waals surface area (Å²) in [5.74, 6) is 1.000. The van der Waals surface area contributed by atoms with Crippen molar-refractivity contribution in [2.75, 3.05) is 13.6 Å². The molecule has 0 radical (unpaired) electrons. The van der Waals surface area contributed by atoms with E-state index in [9.17, 15) is 4.79 Å². The number of benzene rings is 1. The van der Waals surface area contributed by atoms with Gasteiger partial charge in [-0.15, -0.1) is 12.4 Å². The highest BCUT2D eigenvalue weighted by atomic mass is 35.5. The lowest BCUT2D eigenvalue weighted by molar-refractivity contribution is -0.114. The predicted octanol–water partition coefficient (Wildman–Crippen LogP) is 1.29. The first-order chi connectivity index (χ1) is 7.71. The van der Waals surface area contributed by atoms with Crippen LogP contribution < -0.4 is 15.8 Å². The summed E-state index contributed by atoms with van der Waals surface area (Å²) in [6.07, 6.45) is 0.119.